The highest BCUT2D eigenvalue weighted by Crippen LogP contribution is 2.49. The van der Waals surface area contributed by atoms with Crippen LogP contribution in [0.5, 0.6) is 11.5 Å². The van der Waals surface area contributed by atoms with Crippen LogP contribution in [0.3, 0.4) is 0 Å². The van der Waals surface area contributed by atoms with E-state index < -0.39 is 23.0 Å². The average molecular weight is 769 g/mol. The Balaban J connectivity index is 1.27. The first-order valence-electron chi connectivity index (χ1n) is 19.3. The molecule has 3 aromatic rings. The number of halogens is 1. The lowest BCUT2D eigenvalue weighted by Crippen LogP contribution is -2.52. The Morgan fingerprint density at radius 2 is 1.85 bits per heavy atom. The van der Waals surface area contributed by atoms with Crippen molar-refractivity contribution < 1.29 is 28.8 Å². The van der Waals surface area contributed by atoms with Gasteiger partial charge in [-0.2, -0.15) is 5.26 Å². The Labute approximate surface area is 330 Å². The summed E-state index contributed by atoms with van der Waals surface area (Å²) in [5.41, 5.74) is 2.81. The fourth-order valence-corrected chi connectivity index (χ4v) is 8.37. The lowest BCUT2D eigenvalue weighted by atomic mass is 9.65. The number of rotatable bonds is 15. The molecule has 3 aliphatic rings. The number of allylic oxidation sites excluding steroid dienone is 2. The van der Waals surface area contributed by atoms with E-state index in [-0.39, 0.29) is 25.4 Å². The summed E-state index contributed by atoms with van der Waals surface area (Å²) >= 11 is 7.02. The molecule has 0 radical (unpaired) electrons. The summed E-state index contributed by atoms with van der Waals surface area (Å²) in [6, 6.07) is 17.2. The quantitative estimate of drug-likeness (QED) is 0.153. The summed E-state index contributed by atoms with van der Waals surface area (Å²) < 4.78 is 26.0. The third-order valence-corrected chi connectivity index (χ3v) is 11.4. The highest BCUT2D eigenvalue weighted by atomic mass is 35.5. The van der Waals surface area contributed by atoms with E-state index in [0.717, 1.165) is 61.2 Å². The molecule has 292 valence electrons. The maximum absolute atomic E-state index is 12.2. The number of carboxylic acids is 1. The molecular formula is C44H53ClN4O6. The van der Waals surface area contributed by atoms with Crippen LogP contribution < -0.4 is 9.47 Å². The molecule has 0 amide bonds. The largest absolute Gasteiger partial charge is 0.488 e. The minimum atomic E-state index is -0.854. The number of benzene rings is 2. The molecule has 0 saturated carbocycles. The van der Waals surface area contributed by atoms with Crippen molar-refractivity contribution >= 4 is 23.1 Å². The van der Waals surface area contributed by atoms with E-state index in [1.54, 1.807) is 18.3 Å². The number of carbonyl (C=O) groups is 1. The summed E-state index contributed by atoms with van der Waals surface area (Å²) in [6.07, 6.45) is 13.1. The third kappa shape index (κ3) is 9.77. The second-order valence-electron chi connectivity index (χ2n) is 15.5. The van der Waals surface area contributed by atoms with Gasteiger partial charge in [-0.05, 0) is 69.0 Å². The van der Waals surface area contributed by atoms with Crippen LogP contribution in [0.25, 0.3) is 5.57 Å². The third-order valence-electron chi connectivity index (χ3n) is 11.1. The van der Waals surface area contributed by atoms with Gasteiger partial charge in [0.2, 0.25) is 0 Å². The van der Waals surface area contributed by atoms with Crippen LogP contribution in [0.1, 0.15) is 75.6 Å². The molecule has 0 bridgehead atoms. The summed E-state index contributed by atoms with van der Waals surface area (Å²) in [5, 5.41) is 19.8. The Kier molecular flexibility index (Phi) is 13.3. The predicted octanol–water partition coefficient (Wildman–Crippen LogP) is 7.94. The van der Waals surface area contributed by atoms with Gasteiger partial charge in [0.05, 0.1) is 22.8 Å². The monoisotopic (exact) mass is 768 g/mol. The van der Waals surface area contributed by atoms with Crippen LogP contribution in [0, 0.1) is 16.7 Å². The van der Waals surface area contributed by atoms with Crippen LogP contribution >= 0.6 is 11.6 Å². The van der Waals surface area contributed by atoms with E-state index in [9.17, 15) is 15.2 Å². The van der Waals surface area contributed by atoms with Crippen molar-refractivity contribution in [3.8, 4) is 17.6 Å². The number of hydrogen-bond donors (Lipinski definition) is 1. The second-order valence-corrected chi connectivity index (χ2v) is 15.9. The number of aromatic nitrogens is 1. The molecule has 55 heavy (non-hydrogen) atoms. The number of ether oxygens (including phenoxy) is 4. The summed E-state index contributed by atoms with van der Waals surface area (Å²) in [4.78, 5) is 20.8. The summed E-state index contributed by atoms with van der Waals surface area (Å²) in [6.45, 7) is 13.2. The number of nitrogens with zero attached hydrogens (tertiary/aromatic N) is 4. The molecule has 4 atom stereocenters. The molecule has 11 heteroatoms. The number of hydrogen-bond acceptors (Lipinski definition) is 9. The Hall–Kier alpha value is -4.24. The molecule has 10 nitrogen and oxygen atoms in total. The molecule has 6 rings (SSSR count). The van der Waals surface area contributed by atoms with Crippen LogP contribution in [0.15, 0.2) is 79.2 Å². The van der Waals surface area contributed by atoms with Gasteiger partial charge in [-0.25, -0.2) is 0 Å². The van der Waals surface area contributed by atoms with Crippen molar-refractivity contribution in [2.24, 2.45) is 5.41 Å². The van der Waals surface area contributed by atoms with Crippen molar-refractivity contribution in [3.63, 3.8) is 0 Å². The average Bonchev–Trinajstić information content (AvgIpc) is 3.16. The van der Waals surface area contributed by atoms with Crippen molar-refractivity contribution in [2.45, 2.75) is 90.4 Å². The minimum Gasteiger partial charge on any atom is -0.488 e. The lowest BCUT2D eigenvalue weighted by Gasteiger charge is -2.47. The second kappa shape index (κ2) is 18.1. The first-order chi connectivity index (χ1) is 26.5. The normalized spacial score (nSPS) is 24.1. The predicted molar refractivity (Wildman–Crippen MR) is 213 cm³/mol. The number of aliphatic carboxylic acids is 1. The Morgan fingerprint density at radius 3 is 2.60 bits per heavy atom. The lowest BCUT2D eigenvalue weighted by molar-refractivity contribution is -0.144. The van der Waals surface area contributed by atoms with Crippen LogP contribution in [0.2, 0.25) is 5.02 Å². The zero-order valence-corrected chi connectivity index (χ0v) is 33.1. The maximum Gasteiger partial charge on any atom is 0.320 e. The molecule has 0 spiro atoms. The first kappa shape index (κ1) is 40.4. The van der Waals surface area contributed by atoms with Gasteiger partial charge in [-0.3, -0.25) is 19.6 Å². The van der Waals surface area contributed by atoms with E-state index in [1.807, 2.05) is 29.2 Å². The summed E-state index contributed by atoms with van der Waals surface area (Å²) in [7, 11) is 0. The van der Waals surface area contributed by atoms with Crippen molar-refractivity contribution in [2.75, 3.05) is 39.4 Å². The molecule has 2 fully saturated rings. The van der Waals surface area contributed by atoms with E-state index in [4.69, 9.17) is 30.5 Å². The van der Waals surface area contributed by atoms with Gasteiger partial charge in [-0.1, -0.05) is 74.4 Å². The van der Waals surface area contributed by atoms with E-state index in [0.29, 0.717) is 48.2 Å². The molecule has 1 aromatic heterocycles. The molecule has 1 N–H and O–H groups in total. The van der Waals surface area contributed by atoms with Crippen LogP contribution in [-0.4, -0.2) is 89.1 Å². The molecule has 1 aliphatic carbocycles. The van der Waals surface area contributed by atoms with E-state index >= 15 is 0 Å². The number of nitriles is 1. The molecule has 1 unspecified atom stereocenters. The number of pyridine rings is 1. The summed E-state index contributed by atoms with van der Waals surface area (Å²) in [5.74, 6) is 0.111. The Morgan fingerprint density at radius 1 is 1.07 bits per heavy atom. The van der Waals surface area contributed by atoms with Crippen molar-refractivity contribution in [1.29, 1.82) is 5.26 Å². The van der Waals surface area contributed by atoms with Gasteiger partial charge in [0.1, 0.15) is 42.4 Å². The topological polar surface area (TPSA) is 117 Å². The van der Waals surface area contributed by atoms with Gasteiger partial charge >= 0.3 is 5.97 Å². The van der Waals surface area contributed by atoms with Gasteiger partial charge < -0.3 is 24.1 Å². The minimum absolute atomic E-state index is 0.147. The SMILES string of the molecule is C[C@@H]1CN(CCCOC2(COc3cc(OCc4cncc(C#N)c4)c(CN4CCCC[C@H]4C(=O)O)cc3Cl)C=CC=C(c3ccccc3)C2(C)C)C[C@H](C)O1. The van der Waals surface area contributed by atoms with Crippen molar-refractivity contribution in [1.82, 2.24) is 14.8 Å². The maximum atomic E-state index is 12.2. The smallest absolute Gasteiger partial charge is 0.320 e. The van der Waals surface area contributed by atoms with Gasteiger partial charge in [0.25, 0.3) is 0 Å². The van der Waals surface area contributed by atoms with Gasteiger partial charge in [0, 0.05) is 67.8 Å². The van der Waals surface area contributed by atoms with Crippen molar-refractivity contribution in [3.05, 3.63) is 106 Å². The molecular weight excluding hydrogens is 716 g/mol. The van der Waals surface area contributed by atoms with Crippen LogP contribution in [0.4, 0.5) is 0 Å². The molecule has 3 heterocycles. The van der Waals surface area contributed by atoms with Crippen LogP contribution in [-0.2, 0) is 27.4 Å². The first-order valence-corrected chi connectivity index (χ1v) is 19.7. The number of morpholine rings is 1. The number of carboxylic acid groups (broad SMARTS) is 1. The molecule has 2 aromatic carbocycles. The van der Waals surface area contributed by atoms with Gasteiger partial charge in [0.15, 0.2) is 0 Å². The highest BCUT2D eigenvalue weighted by molar-refractivity contribution is 6.32. The Bertz CT molecular complexity index is 1880. The fourth-order valence-electron chi connectivity index (χ4n) is 8.12. The van der Waals surface area contributed by atoms with E-state index in [1.165, 1.54) is 6.20 Å². The zero-order valence-electron chi connectivity index (χ0n) is 32.4. The number of likely N-dealkylation sites (tertiary alicyclic amines) is 1. The number of piperidine rings is 1. The molecule has 2 aliphatic heterocycles. The van der Waals surface area contributed by atoms with E-state index in [2.05, 4.69) is 74.0 Å². The standard InChI is InChI=1S/C44H53ClN4O6/c1-31-26-48(27-32(2)55-31)17-11-19-54-44(16-10-14-37(43(44,3)4)35-12-6-5-7-13-35)30-53-41-22-40(52-29-34-20-33(23-46)24-47-25-34)36(21-38(41)45)28-49-18-9-8-15-39(49)42(50)51/h5-7,10,12-14,16,20-22,24-25,31-32,39H,8-9,11,15,17-19,26-30H2,1-4H3,(H,50,51)/t31-,32+,39-,44?/m0/s1. The zero-order chi connectivity index (χ0) is 39.0. The fraction of sp³-hybridized carbons (Fsp3) is 0.477. The van der Waals surface area contributed by atoms with Gasteiger partial charge in [-0.15, -0.1) is 0 Å². The highest BCUT2D eigenvalue weighted by Gasteiger charge is 2.49. The molecule has 2 saturated heterocycles.